The summed E-state index contributed by atoms with van der Waals surface area (Å²) >= 11 is 0. The van der Waals surface area contributed by atoms with Crippen molar-refractivity contribution in [2.24, 2.45) is 5.92 Å². The number of benzene rings is 1. The van der Waals surface area contributed by atoms with Crippen LogP contribution in [0.1, 0.15) is 92.1 Å². The summed E-state index contributed by atoms with van der Waals surface area (Å²) in [5.41, 5.74) is 1.55. The SMILES string of the molecule is C=C1[C@@H](CCCCCC)[C@H](c2ccccc2)C[Si]1(C(C)(C)C)C(C)(C)C. The summed E-state index contributed by atoms with van der Waals surface area (Å²) in [6, 6.07) is 12.7. The molecule has 0 nitrogen and oxygen atoms in total. The fourth-order valence-electron chi connectivity index (χ4n) is 6.08. The van der Waals surface area contributed by atoms with Gasteiger partial charge in [-0.2, -0.15) is 0 Å². The van der Waals surface area contributed by atoms with Gasteiger partial charge in [0.15, 0.2) is 0 Å². The lowest BCUT2D eigenvalue weighted by Crippen LogP contribution is -2.51. The number of hydrogen-bond donors (Lipinski definition) is 0. The quantitative estimate of drug-likeness (QED) is 0.347. The van der Waals surface area contributed by atoms with Crippen molar-refractivity contribution in [1.29, 1.82) is 0 Å². The molecule has 0 unspecified atom stereocenters. The minimum atomic E-state index is -1.71. The third-order valence-electron chi connectivity index (χ3n) is 7.16. The van der Waals surface area contributed by atoms with Gasteiger partial charge >= 0.3 is 0 Å². The molecule has 0 radical (unpaired) electrons. The third kappa shape index (κ3) is 3.88. The van der Waals surface area contributed by atoms with Gasteiger partial charge in [0.05, 0.1) is 8.07 Å². The highest BCUT2D eigenvalue weighted by atomic mass is 28.3. The van der Waals surface area contributed by atoms with Crippen LogP contribution < -0.4 is 0 Å². The summed E-state index contributed by atoms with van der Waals surface area (Å²) in [6.45, 7) is 22.1. The summed E-state index contributed by atoms with van der Waals surface area (Å²) in [5, 5.41) is 2.38. The van der Waals surface area contributed by atoms with E-state index in [-0.39, 0.29) is 0 Å². The Balaban J connectivity index is 2.44. The smallest absolute Gasteiger partial charge is 0.0923 e. The highest BCUT2D eigenvalue weighted by Crippen LogP contribution is 2.66. The second kappa shape index (κ2) is 8.05. The van der Waals surface area contributed by atoms with Gasteiger partial charge < -0.3 is 0 Å². The Morgan fingerprint density at radius 1 is 0.923 bits per heavy atom. The maximum Gasteiger partial charge on any atom is 0.0923 e. The summed E-state index contributed by atoms with van der Waals surface area (Å²) < 4.78 is 0. The van der Waals surface area contributed by atoms with Gasteiger partial charge in [0, 0.05) is 0 Å². The third-order valence-corrected chi connectivity index (χ3v) is 14.8. The molecule has 1 fully saturated rings. The lowest BCUT2D eigenvalue weighted by Gasteiger charge is -2.51. The minimum absolute atomic E-state index is 0.355. The van der Waals surface area contributed by atoms with Gasteiger partial charge in [0.2, 0.25) is 0 Å². The van der Waals surface area contributed by atoms with E-state index in [0.29, 0.717) is 21.9 Å². The Bertz CT molecular complexity index is 571. The molecule has 1 aromatic rings. The first kappa shape index (κ1) is 21.5. The van der Waals surface area contributed by atoms with Gasteiger partial charge in [0.1, 0.15) is 0 Å². The second-order valence-corrected chi connectivity index (χ2v) is 16.5. The Hall–Kier alpha value is -0.823. The predicted octanol–water partition coefficient (Wildman–Crippen LogP) is 8.51. The maximum atomic E-state index is 4.86. The molecule has 2 rings (SSSR count). The molecule has 0 aromatic heterocycles. The maximum absolute atomic E-state index is 4.86. The molecule has 1 heteroatoms. The van der Waals surface area contributed by atoms with E-state index < -0.39 is 8.07 Å². The van der Waals surface area contributed by atoms with E-state index in [9.17, 15) is 0 Å². The lowest BCUT2D eigenvalue weighted by molar-refractivity contribution is 0.478. The molecular formula is C25H42Si. The predicted molar refractivity (Wildman–Crippen MR) is 121 cm³/mol. The molecule has 26 heavy (non-hydrogen) atoms. The normalized spacial score (nSPS) is 23.4. The van der Waals surface area contributed by atoms with E-state index in [2.05, 4.69) is 78.8 Å². The molecule has 0 spiro atoms. The zero-order valence-corrected chi connectivity index (χ0v) is 19.5. The van der Waals surface area contributed by atoms with Crippen LogP contribution in [-0.2, 0) is 0 Å². The Morgan fingerprint density at radius 3 is 2.00 bits per heavy atom. The molecule has 0 saturated carbocycles. The average Bonchev–Trinajstić information content (AvgIpc) is 2.86. The first-order chi connectivity index (χ1) is 12.1. The molecular weight excluding hydrogens is 328 g/mol. The molecule has 0 aliphatic carbocycles. The summed E-state index contributed by atoms with van der Waals surface area (Å²) in [6.07, 6.45) is 6.76. The summed E-state index contributed by atoms with van der Waals surface area (Å²) in [4.78, 5) is 0. The summed E-state index contributed by atoms with van der Waals surface area (Å²) in [7, 11) is -1.71. The number of hydrogen-bond acceptors (Lipinski definition) is 0. The first-order valence-electron chi connectivity index (χ1n) is 10.8. The van der Waals surface area contributed by atoms with E-state index >= 15 is 0 Å². The molecule has 0 amide bonds. The fraction of sp³-hybridized carbons (Fsp3) is 0.680. The Morgan fingerprint density at radius 2 is 1.50 bits per heavy atom. The van der Waals surface area contributed by atoms with Gasteiger partial charge in [-0.1, -0.05) is 110 Å². The molecule has 0 N–H and O–H groups in total. The standard InChI is InChI=1S/C25H42Si/c1-9-10-11-15-18-22-20(2)26(24(3,4)5,25(6,7)8)19-23(22)21-16-13-12-14-17-21/h12-14,16-17,22-23H,2,9-11,15,18-19H2,1,3-8H3/t22-,23+/m1/s1. The number of rotatable bonds is 6. The van der Waals surface area contributed by atoms with E-state index in [1.807, 2.05) is 0 Å². The van der Waals surface area contributed by atoms with Crippen molar-refractivity contribution in [3.05, 3.63) is 47.7 Å². The van der Waals surface area contributed by atoms with Crippen LogP contribution in [0.3, 0.4) is 0 Å². The van der Waals surface area contributed by atoms with Crippen molar-refractivity contribution >= 4 is 8.07 Å². The van der Waals surface area contributed by atoms with E-state index in [0.717, 1.165) is 0 Å². The average molecular weight is 371 g/mol. The molecule has 2 atom stereocenters. The fourth-order valence-corrected chi connectivity index (χ4v) is 13.9. The van der Waals surface area contributed by atoms with Crippen LogP contribution in [0.15, 0.2) is 42.1 Å². The zero-order chi connectivity index (χ0) is 19.6. The zero-order valence-electron chi connectivity index (χ0n) is 18.5. The lowest BCUT2D eigenvalue weighted by atomic mass is 9.84. The van der Waals surface area contributed by atoms with Gasteiger partial charge in [-0.3, -0.25) is 0 Å². The molecule has 1 aromatic carbocycles. The van der Waals surface area contributed by atoms with Crippen molar-refractivity contribution in [3.8, 4) is 0 Å². The Labute approximate surface area is 164 Å². The monoisotopic (exact) mass is 370 g/mol. The van der Waals surface area contributed by atoms with Crippen LogP contribution in [0.2, 0.25) is 16.1 Å². The van der Waals surface area contributed by atoms with Crippen molar-refractivity contribution in [1.82, 2.24) is 0 Å². The van der Waals surface area contributed by atoms with Crippen LogP contribution in [0.4, 0.5) is 0 Å². The molecule has 1 heterocycles. The van der Waals surface area contributed by atoms with Crippen LogP contribution in [0.5, 0.6) is 0 Å². The molecule has 1 aliphatic heterocycles. The molecule has 1 saturated heterocycles. The van der Waals surface area contributed by atoms with Gasteiger partial charge in [0.25, 0.3) is 0 Å². The molecule has 1 aliphatic rings. The van der Waals surface area contributed by atoms with Crippen molar-refractivity contribution in [2.45, 2.75) is 103 Å². The largest absolute Gasteiger partial charge is 0.103 e. The van der Waals surface area contributed by atoms with E-state index in [1.54, 1.807) is 10.8 Å². The topological polar surface area (TPSA) is 0 Å². The minimum Gasteiger partial charge on any atom is -0.103 e. The van der Waals surface area contributed by atoms with Crippen LogP contribution in [0, 0.1) is 5.92 Å². The van der Waals surface area contributed by atoms with E-state index in [4.69, 9.17) is 6.58 Å². The van der Waals surface area contributed by atoms with Crippen molar-refractivity contribution < 1.29 is 0 Å². The number of allylic oxidation sites excluding steroid dienone is 1. The first-order valence-corrected chi connectivity index (χ1v) is 13.0. The van der Waals surface area contributed by atoms with Crippen molar-refractivity contribution in [2.75, 3.05) is 0 Å². The van der Waals surface area contributed by atoms with Gasteiger partial charge in [-0.25, -0.2) is 0 Å². The second-order valence-electron chi connectivity index (χ2n) is 10.6. The highest BCUT2D eigenvalue weighted by molar-refractivity contribution is 6.92. The van der Waals surface area contributed by atoms with Crippen LogP contribution >= 0.6 is 0 Å². The molecule has 0 bridgehead atoms. The Kier molecular flexibility index (Phi) is 6.65. The van der Waals surface area contributed by atoms with Gasteiger partial charge in [-0.05, 0) is 39.9 Å². The van der Waals surface area contributed by atoms with E-state index in [1.165, 1.54) is 38.1 Å². The summed E-state index contributed by atoms with van der Waals surface area (Å²) in [5.74, 6) is 1.36. The van der Waals surface area contributed by atoms with Crippen LogP contribution in [0.25, 0.3) is 0 Å². The number of unbranched alkanes of at least 4 members (excludes halogenated alkanes) is 3. The molecule has 146 valence electrons. The van der Waals surface area contributed by atoms with Gasteiger partial charge in [-0.15, -0.1) is 6.58 Å². The highest BCUT2D eigenvalue weighted by Gasteiger charge is 2.61. The van der Waals surface area contributed by atoms with Crippen LogP contribution in [-0.4, -0.2) is 8.07 Å². The van der Waals surface area contributed by atoms with Crippen molar-refractivity contribution in [3.63, 3.8) is 0 Å².